The lowest BCUT2D eigenvalue weighted by Gasteiger charge is -2.06. The third-order valence-corrected chi connectivity index (χ3v) is 4.18. The van der Waals surface area contributed by atoms with E-state index in [1.807, 2.05) is 13.8 Å². The molecule has 0 spiro atoms. The van der Waals surface area contributed by atoms with Crippen molar-refractivity contribution in [2.75, 3.05) is 0 Å². The summed E-state index contributed by atoms with van der Waals surface area (Å²) in [7, 11) is 0. The van der Waals surface area contributed by atoms with Crippen molar-refractivity contribution in [1.82, 2.24) is 10.3 Å². The predicted molar refractivity (Wildman–Crippen MR) is 79.0 cm³/mol. The van der Waals surface area contributed by atoms with E-state index in [0.717, 1.165) is 28.4 Å². The van der Waals surface area contributed by atoms with Crippen LogP contribution in [0, 0.1) is 19.7 Å². The van der Waals surface area contributed by atoms with Crippen LogP contribution in [0.2, 0.25) is 0 Å². The lowest BCUT2D eigenvalue weighted by atomic mass is 10.1. The summed E-state index contributed by atoms with van der Waals surface area (Å²) in [6, 6.07) is 5.29. The van der Waals surface area contributed by atoms with Gasteiger partial charge in [0.25, 0.3) is 0 Å². The number of nitrogens with one attached hydrogen (secondary N) is 1. The summed E-state index contributed by atoms with van der Waals surface area (Å²) in [6.45, 7) is 9.04. The molecule has 1 N–H and O–H groups in total. The zero-order chi connectivity index (χ0) is 14.0. The quantitative estimate of drug-likeness (QED) is 0.912. The minimum Gasteiger partial charge on any atom is -0.310 e. The highest BCUT2D eigenvalue weighted by Gasteiger charge is 2.12. The highest BCUT2D eigenvalue weighted by atomic mass is 32.1. The van der Waals surface area contributed by atoms with Gasteiger partial charge in [0.1, 0.15) is 10.8 Å². The van der Waals surface area contributed by atoms with E-state index in [9.17, 15) is 4.39 Å². The Hall–Kier alpha value is -1.26. The molecule has 1 aromatic carbocycles. The second-order valence-corrected chi connectivity index (χ2v) is 6.11. The first kappa shape index (κ1) is 14.2. The van der Waals surface area contributed by atoms with Crippen LogP contribution < -0.4 is 5.32 Å². The van der Waals surface area contributed by atoms with Crippen molar-refractivity contribution in [3.8, 4) is 10.6 Å². The molecule has 1 heterocycles. The number of hydrogen-bond acceptors (Lipinski definition) is 3. The number of nitrogens with zero attached hydrogens (tertiary/aromatic N) is 1. The van der Waals surface area contributed by atoms with Gasteiger partial charge in [0.05, 0.1) is 5.69 Å². The van der Waals surface area contributed by atoms with Crippen molar-refractivity contribution >= 4 is 11.3 Å². The Balaban J connectivity index is 2.31. The van der Waals surface area contributed by atoms with Gasteiger partial charge in [0, 0.05) is 23.0 Å². The number of thiazole rings is 1. The molecule has 102 valence electrons. The first-order chi connectivity index (χ1) is 8.97. The first-order valence-corrected chi connectivity index (χ1v) is 7.25. The summed E-state index contributed by atoms with van der Waals surface area (Å²) in [5.41, 5.74) is 2.97. The van der Waals surface area contributed by atoms with E-state index in [1.165, 1.54) is 10.9 Å². The van der Waals surface area contributed by atoms with Crippen molar-refractivity contribution in [2.45, 2.75) is 40.3 Å². The fraction of sp³-hybridized carbons (Fsp3) is 0.400. The molecule has 0 fully saturated rings. The van der Waals surface area contributed by atoms with E-state index < -0.39 is 0 Å². The number of halogens is 1. The summed E-state index contributed by atoms with van der Waals surface area (Å²) in [4.78, 5) is 5.79. The topological polar surface area (TPSA) is 24.9 Å². The maximum Gasteiger partial charge on any atom is 0.124 e. The maximum atomic E-state index is 13.4. The molecule has 19 heavy (non-hydrogen) atoms. The average Bonchev–Trinajstić information content (AvgIpc) is 2.71. The van der Waals surface area contributed by atoms with Crippen LogP contribution in [0.3, 0.4) is 0 Å². The lowest BCUT2D eigenvalue weighted by molar-refractivity contribution is 0.591. The zero-order valence-electron chi connectivity index (χ0n) is 11.7. The monoisotopic (exact) mass is 278 g/mol. The second-order valence-electron chi connectivity index (χ2n) is 5.02. The van der Waals surface area contributed by atoms with Gasteiger partial charge in [-0.25, -0.2) is 9.37 Å². The number of hydrogen-bond donors (Lipinski definition) is 1. The molecule has 0 aliphatic rings. The molecule has 2 aromatic rings. The van der Waals surface area contributed by atoms with Crippen molar-refractivity contribution < 1.29 is 4.39 Å². The molecule has 2 nitrogen and oxygen atoms in total. The van der Waals surface area contributed by atoms with Crippen LogP contribution in [0.4, 0.5) is 4.39 Å². The van der Waals surface area contributed by atoms with Gasteiger partial charge in [0.2, 0.25) is 0 Å². The summed E-state index contributed by atoms with van der Waals surface area (Å²) < 4.78 is 13.4. The molecule has 0 radical (unpaired) electrons. The molecule has 0 amide bonds. The fourth-order valence-corrected chi connectivity index (χ4v) is 2.92. The molecule has 0 bridgehead atoms. The predicted octanol–water partition coefficient (Wildman–Crippen LogP) is 4.06. The van der Waals surface area contributed by atoms with Crippen LogP contribution in [0.5, 0.6) is 0 Å². The summed E-state index contributed by atoms with van der Waals surface area (Å²) in [5, 5.41) is 4.29. The van der Waals surface area contributed by atoms with Gasteiger partial charge in [-0.15, -0.1) is 11.3 Å². The number of aromatic nitrogens is 1. The Kier molecular flexibility index (Phi) is 4.32. The maximum absolute atomic E-state index is 13.4. The Morgan fingerprint density at radius 3 is 2.74 bits per heavy atom. The van der Waals surface area contributed by atoms with Crippen LogP contribution in [0.1, 0.15) is 30.0 Å². The fourth-order valence-electron chi connectivity index (χ4n) is 1.83. The van der Waals surface area contributed by atoms with Crippen molar-refractivity contribution in [2.24, 2.45) is 0 Å². The number of rotatable bonds is 4. The van der Waals surface area contributed by atoms with Gasteiger partial charge in [-0.3, -0.25) is 0 Å². The Bertz CT molecular complexity index is 576. The number of benzene rings is 1. The van der Waals surface area contributed by atoms with Crippen LogP contribution in [0.15, 0.2) is 18.2 Å². The van der Waals surface area contributed by atoms with Crippen molar-refractivity contribution in [1.29, 1.82) is 0 Å². The Morgan fingerprint density at radius 1 is 1.32 bits per heavy atom. The highest BCUT2D eigenvalue weighted by molar-refractivity contribution is 7.15. The molecule has 0 aliphatic heterocycles. The minimum atomic E-state index is -0.213. The zero-order valence-corrected chi connectivity index (χ0v) is 12.6. The molecule has 1 aromatic heterocycles. The second kappa shape index (κ2) is 5.80. The largest absolute Gasteiger partial charge is 0.310 e. The third-order valence-electron chi connectivity index (χ3n) is 2.99. The highest BCUT2D eigenvalue weighted by Crippen LogP contribution is 2.30. The number of aryl methyl sites for hydroxylation is 2. The van der Waals surface area contributed by atoms with Crippen LogP contribution in [-0.2, 0) is 6.54 Å². The molecular weight excluding hydrogens is 259 g/mol. The van der Waals surface area contributed by atoms with Gasteiger partial charge >= 0.3 is 0 Å². The van der Waals surface area contributed by atoms with Gasteiger partial charge in [0.15, 0.2) is 0 Å². The van der Waals surface area contributed by atoms with E-state index >= 15 is 0 Å². The SMILES string of the molecule is Cc1ccc(F)cc1-c1nc(C)c(CNC(C)C)s1. The molecule has 0 atom stereocenters. The average molecular weight is 278 g/mol. The molecular formula is C15H19FN2S. The summed E-state index contributed by atoms with van der Waals surface area (Å²) in [6.07, 6.45) is 0. The Morgan fingerprint density at radius 2 is 2.05 bits per heavy atom. The van der Waals surface area contributed by atoms with Crippen LogP contribution in [0.25, 0.3) is 10.6 Å². The van der Waals surface area contributed by atoms with Gasteiger partial charge in [-0.2, -0.15) is 0 Å². The van der Waals surface area contributed by atoms with E-state index in [-0.39, 0.29) is 5.82 Å². The molecule has 0 saturated heterocycles. The Labute approximate surface area is 117 Å². The van der Waals surface area contributed by atoms with Crippen molar-refractivity contribution in [3.05, 3.63) is 40.2 Å². The normalized spacial score (nSPS) is 11.3. The van der Waals surface area contributed by atoms with E-state index in [0.29, 0.717) is 6.04 Å². The smallest absolute Gasteiger partial charge is 0.124 e. The molecule has 0 unspecified atom stereocenters. The van der Waals surface area contributed by atoms with E-state index in [2.05, 4.69) is 24.1 Å². The summed E-state index contributed by atoms with van der Waals surface area (Å²) >= 11 is 1.64. The third kappa shape index (κ3) is 3.39. The minimum absolute atomic E-state index is 0.213. The molecule has 4 heteroatoms. The van der Waals surface area contributed by atoms with E-state index in [1.54, 1.807) is 23.5 Å². The summed E-state index contributed by atoms with van der Waals surface area (Å²) in [5.74, 6) is -0.213. The van der Waals surface area contributed by atoms with Gasteiger partial charge < -0.3 is 5.32 Å². The van der Waals surface area contributed by atoms with Gasteiger partial charge in [-0.05, 0) is 31.5 Å². The van der Waals surface area contributed by atoms with Crippen LogP contribution in [-0.4, -0.2) is 11.0 Å². The standard InChI is InChI=1S/C15H19FN2S/c1-9(2)17-8-14-11(4)18-15(19-14)13-7-12(16)6-5-10(13)3/h5-7,9,17H,8H2,1-4H3. The lowest BCUT2D eigenvalue weighted by Crippen LogP contribution is -2.21. The van der Waals surface area contributed by atoms with E-state index in [4.69, 9.17) is 0 Å². The molecule has 2 rings (SSSR count). The molecule has 0 aliphatic carbocycles. The van der Waals surface area contributed by atoms with Gasteiger partial charge in [-0.1, -0.05) is 19.9 Å². The first-order valence-electron chi connectivity index (χ1n) is 6.43. The molecule has 0 saturated carbocycles. The van der Waals surface area contributed by atoms with Crippen molar-refractivity contribution in [3.63, 3.8) is 0 Å². The van der Waals surface area contributed by atoms with Crippen LogP contribution >= 0.6 is 11.3 Å².